The number of cyclic esters (lactones) is 3. The minimum absolute atomic E-state index is 0.0191. The molecule has 4 heterocycles. The van der Waals surface area contributed by atoms with Gasteiger partial charge in [-0.25, -0.2) is 0 Å². The van der Waals surface area contributed by atoms with Crippen molar-refractivity contribution in [1.29, 1.82) is 0 Å². The molecule has 16 unspecified atom stereocenters. The first kappa shape index (κ1) is 56.6. The van der Waals surface area contributed by atoms with Crippen molar-refractivity contribution >= 4 is 47.6 Å². The van der Waals surface area contributed by atoms with E-state index in [2.05, 4.69) is 20.8 Å². The second-order valence-corrected chi connectivity index (χ2v) is 31.2. The topological polar surface area (TPSA) is 210 Å². The summed E-state index contributed by atoms with van der Waals surface area (Å²) in [4.78, 5) is 117. The quantitative estimate of drug-likeness (QED) is 0.0799. The minimum Gasteiger partial charge on any atom is -0.465 e. The van der Waals surface area contributed by atoms with E-state index in [1.54, 1.807) is 13.8 Å². The van der Waals surface area contributed by atoms with Gasteiger partial charge in [-0.15, -0.1) is 0 Å². The maximum absolute atomic E-state index is 16.6. The Labute approximate surface area is 472 Å². The molecule has 0 radical (unpaired) electrons. The molecular formula is C64H90O16. The van der Waals surface area contributed by atoms with E-state index in [-0.39, 0.29) is 103 Å². The number of carbonyl (C=O) groups is 8. The Morgan fingerprint density at radius 3 is 1.70 bits per heavy atom. The Bertz CT molecular complexity index is 2540. The molecule has 10 aliphatic carbocycles. The molecule has 0 aromatic heterocycles. The number of ketones is 1. The van der Waals surface area contributed by atoms with E-state index in [0.717, 1.165) is 44.9 Å². The summed E-state index contributed by atoms with van der Waals surface area (Å²) < 4.78 is 49.7. The molecule has 0 amide bonds. The Hall–Kier alpha value is -3.92. The Kier molecular flexibility index (Phi) is 13.5. The summed E-state index contributed by atoms with van der Waals surface area (Å²) >= 11 is 0. The molecule has 14 aliphatic rings. The molecule has 442 valence electrons. The molecule has 4 aliphatic heterocycles. The van der Waals surface area contributed by atoms with Gasteiger partial charge in [0.25, 0.3) is 0 Å². The lowest BCUT2D eigenvalue weighted by atomic mass is 9.42. The number of Topliss-reactive ketones (excluding diaryl/α,β-unsaturated/α-hetero) is 1. The fourth-order valence-corrected chi connectivity index (χ4v) is 21.5. The number of fused-ring (bicyclic) bond motifs is 5. The Balaban J connectivity index is 0.924. The van der Waals surface area contributed by atoms with Gasteiger partial charge in [0, 0.05) is 43.4 Å². The predicted molar refractivity (Wildman–Crippen MR) is 284 cm³/mol. The largest absolute Gasteiger partial charge is 0.465 e. The van der Waals surface area contributed by atoms with Crippen LogP contribution in [0.5, 0.6) is 0 Å². The monoisotopic (exact) mass is 1110 g/mol. The van der Waals surface area contributed by atoms with Gasteiger partial charge in [-0.1, -0.05) is 55.4 Å². The fraction of sp³-hybridized carbons (Fsp3) is 0.875. The van der Waals surface area contributed by atoms with Gasteiger partial charge in [0.15, 0.2) is 0 Å². The zero-order valence-corrected chi connectivity index (χ0v) is 49.4. The van der Waals surface area contributed by atoms with Crippen LogP contribution in [0.1, 0.15) is 198 Å². The molecule has 16 nitrogen and oxygen atoms in total. The summed E-state index contributed by atoms with van der Waals surface area (Å²) in [7, 11) is 0. The third-order valence-electron chi connectivity index (χ3n) is 25.0. The van der Waals surface area contributed by atoms with Crippen LogP contribution < -0.4 is 0 Å². The molecular weight excluding hydrogens is 1020 g/mol. The highest BCUT2D eigenvalue weighted by atomic mass is 16.7. The first-order valence-corrected chi connectivity index (χ1v) is 31.1. The van der Waals surface area contributed by atoms with Crippen molar-refractivity contribution in [2.45, 2.75) is 221 Å². The highest BCUT2D eigenvalue weighted by molar-refractivity contribution is 5.97. The summed E-state index contributed by atoms with van der Waals surface area (Å²) in [6, 6.07) is 0. The first-order chi connectivity index (χ1) is 37.5. The normalized spacial score (nSPS) is 44.0. The van der Waals surface area contributed by atoms with Crippen molar-refractivity contribution in [3.05, 3.63) is 0 Å². The van der Waals surface area contributed by atoms with Gasteiger partial charge in [-0.05, 0) is 168 Å². The molecule has 16 heteroatoms. The summed E-state index contributed by atoms with van der Waals surface area (Å²) in [6.07, 6.45) is 9.24. The van der Waals surface area contributed by atoms with Crippen molar-refractivity contribution in [3.63, 3.8) is 0 Å². The van der Waals surface area contributed by atoms with Crippen LogP contribution in [0.4, 0.5) is 0 Å². The maximum atomic E-state index is 16.6. The van der Waals surface area contributed by atoms with E-state index in [0.29, 0.717) is 77.6 Å². The molecule has 0 spiro atoms. The summed E-state index contributed by atoms with van der Waals surface area (Å²) in [5, 5.41) is 0. The Morgan fingerprint density at radius 1 is 0.588 bits per heavy atom. The lowest BCUT2D eigenvalue weighted by Gasteiger charge is -2.64. The molecule has 14 rings (SSSR count). The van der Waals surface area contributed by atoms with Crippen LogP contribution in [0.3, 0.4) is 0 Å². The van der Waals surface area contributed by atoms with Crippen LogP contribution in [-0.2, 0) is 76.3 Å². The van der Waals surface area contributed by atoms with Gasteiger partial charge < -0.3 is 37.9 Å². The molecule has 10 bridgehead atoms. The summed E-state index contributed by atoms with van der Waals surface area (Å²) in [6.45, 7) is 21.2. The van der Waals surface area contributed by atoms with Gasteiger partial charge in [0.2, 0.25) is 12.6 Å². The van der Waals surface area contributed by atoms with Crippen LogP contribution in [0.2, 0.25) is 0 Å². The van der Waals surface area contributed by atoms with Crippen LogP contribution in [0, 0.1) is 109 Å². The average molecular weight is 1120 g/mol. The number of rotatable bonds is 16. The lowest BCUT2D eigenvalue weighted by molar-refractivity contribution is -0.257. The average Bonchev–Trinajstić information content (AvgIpc) is 4.30. The second kappa shape index (κ2) is 19.0. The van der Waals surface area contributed by atoms with Gasteiger partial charge in [0.1, 0.15) is 17.0 Å². The van der Waals surface area contributed by atoms with E-state index in [4.69, 9.17) is 37.9 Å². The third kappa shape index (κ3) is 8.71. The van der Waals surface area contributed by atoms with Crippen LogP contribution in [-0.4, -0.2) is 91.2 Å². The standard InChI is InChI=1S/C64H90O16/c1-34-40-21-41(42-28-75-50(67)45(40)42)46(34)56(3,4)29-59(9,52(69)79-63-24-36-19-38(26-63)48(65)39(20-36)27-63)57(5,6)30-60(10,58(7,8)47-35(2)49(66)78-51(47)68)53(70)80-64-25-37-22-61(32-64,54(71)76-43-15-11-13-17-73-43)31-62(23-37,33-64)55(72)77-44-16-12-14-18-74-44/h34-47H,11-33H2,1-10H3. The zero-order chi connectivity index (χ0) is 57.1. The van der Waals surface area contributed by atoms with E-state index in [9.17, 15) is 28.8 Å². The SMILES string of the molecule is CC1C(=O)OC(=O)C1C(C)(C)C(C)(CC(C)(C)C(C)(CC(C)(C)C1C(C)C2CC1C1COC(=O)C21)C(=O)OC12CC3CC(C1)C(=O)C(C3)C2)C(=O)OC12CC3CC(C(=O)OC4CCCCO4)(C1)CC(C(=O)OC1CCCCO1)(C3)C2. The molecule has 16 atom stereocenters. The van der Waals surface area contributed by atoms with Crippen molar-refractivity contribution in [3.8, 4) is 0 Å². The molecule has 4 saturated heterocycles. The van der Waals surface area contributed by atoms with Crippen LogP contribution in [0.15, 0.2) is 0 Å². The summed E-state index contributed by atoms with van der Waals surface area (Å²) in [5.41, 5.74) is -10.6. The molecule has 14 fully saturated rings. The summed E-state index contributed by atoms with van der Waals surface area (Å²) in [5.74, 6) is -4.83. The van der Waals surface area contributed by atoms with E-state index < -0.39 is 103 Å². The first-order valence-electron chi connectivity index (χ1n) is 31.1. The number of carbonyl (C=O) groups excluding carboxylic acids is 8. The number of hydrogen-bond donors (Lipinski definition) is 0. The van der Waals surface area contributed by atoms with E-state index in [1.165, 1.54) is 0 Å². The van der Waals surface area contributed by atoms with Crippen molar-refractivity contribution in [2.24, 2.45) is 109 Å². The highest BCUT2D eigenvalue weighted by Crippen LogP contribution is 2.71. The highest BCUT2D eigenvalue weighted by Gasteiger charge is 2.73. The van der Waals surface area contributed by atoms with Crippen LogP contribution in [0.25, 0.3) is 0 Å². The maximum Gasteiger partial charge on any atom is 0.318 e. The minimum atomic E-state index is -1.66. The number of ether oxygens (including phenoxy) is 8. The van der Waals surface area contributed by atoms with Gasteiger partial charge in [0.05, 0.1) is 59.2 Å². The molecule has 80 heavy (non-hydrogen) atoms. The molecule has 10 saturated carbocycles. The van der Waals surface area contributed by atoms with Crippen molar-refractivity contribution in [1.82, 2.24) is 0 Å². The smallest absolute Gasteiger partial charge is 0.318 e. The van der Waals surface area contributed by atoms with Gasteiger partial charge >= 0.3 is 41.8 Å². The third-order valence-corrected chi connectivity index (χ3v) is 25.0. The van der Waals surface area contributed by atoms with E-state index in [1.807, 2.05) is 34.6 Å². The fourth-order valence-electron chi connectivity index (χ4n) is 21.5. The Morgan fingerprint density at radius 2 is 1.15 bits per heavy atom. The van der Waals surface area contributed by atoms with Crippen molar-refractivity contribution < 1.29 is 76.3 Å². The molecule has 0 aromatic carbocycles. The zero-order valence-electron chi connectivity index (χ0n) is 49.4. The van der Waals surface area contributed by atoms with Gasteiger partial charge in [-0.2, -0.15) is 0 Å². The predicted octanol–water partition coefficient (Wildman–Crippen LogP) is 9.97. The molecule has 0 N–H and O–H groups in total. The van der Waals surface area contributed by atoms with E-state index >= 15 is 9.59 Å². The molecule has 0 aromatic rings. The number of hydrogen-bond acceptors (Lipinski definition) is 16. The van der Waals surface area contributed by atoms with Gasteiger partial charge in [-0.3, -0.25) is 38.4 Å². The van der Waals surface area contributed by atoms with Crippen LogP contribution >= 0.6 is 0 Å². The lowest BCUT2D eigenvalue weighted by Crippen LogP contribution is -2.67. The second-order valence-electron chi connectivity index (χ2n) is 31.2. The number of esters is 7. The van der Waals surface area contributed by atoms with Crippen molar-refractivity contribution in [2.75, 3.05) is 19.8 Å².